The smallest absolute Gasteiger partial charge is 0.253 e. The van der Waals surface area contributed by atoms with Crippen LogP contribution in [0, 0.1) is 0 Å². The van der Waals surface area contributed by atoms with Gasteiger partial charge in [0.15, 0.2) is 0 Å². The van der Waals surface area contributed by atoms with E-state index in [9.17, 15) is 14.4 Å². The van der Waals surface area contributed by atoms with E-state index >= 15 is 0 Å². The van der Waals surface area contributed by atoms with Crippen LogP contribution in [0.2, 0.25) is 0 Å². The molecule has 33 heavy (non-hydrogen) atoms. The molecular weight excluding hydrogens is 418 g/mol. The summed E-state index contributed by atoms with van der Waals surface area (Å²) in [6, 6.07) is 13.2. The molecule has 1 aliphatic heterocycles. The number of aromatic nitrogens is 1. The third-order valence-corrected chi connectivity index (χ3v) is 5.86. The van der Waals surface area contributed by atoms with Gasteiger partial charge in [0.25, 0.3) is 10.9 Å². The Morgan fingerprint density at radius 3 is 2.70 bits per heavy atom. The Bertz CT molecular complexity index is 1220. The highest BCUT2D eigenvalue weighted by molar-refractivity contribution is 5.87. The van der Waals surface area contributed by atoms with Crippen LogP contribution in [0.4, 0.5) is 22.9 Å². The van der Waals surface area contributed by atoms with Gasteiger partial charge in [-0.05, 0) is 37.5 Å². The van der Waals surface area contributed by atoms with Crippen LogP contribution in [0.5, 0.6) is 0 Å². The molecule has 0 radical (unpaired) electrons. The number of benzene rings is 1. The van der Waals surface area contributed by atoms with Crippen molar-refractivity contribution in [2.45, 2.75) is 31.8 Å². The summed E-state index contributed by atoms with van der Waals surface area (Å²) in [6.45, 7) is 6.80. The van der Waals surface area contributed by atoms with Crippen LogP contribution in [0.3, 0.4) is 0 Å². The van der Waals surface area contributed by atoms with Crippen LogP contribution >= 0.6 is 0 Å². The zero-order valence-corrected chi connectivity index (χ0v) is 18.5. The molecule has 3 aromatic rings. The summed E-state index contributed by atoms with van der Waals surface area (Å²) in [4.78, 5) is 42.5. The van der Waals surface area contributed by atoms with Crippen molar-refractivity contribution in [1.29, 1.82) is 0 Å². The molecule has 1 aromatic heterocycles. The van der Waals surface area contributed by atoms with Gasteiger partial charge < -0.3 is 20.9 Å². The molecule has 1 amide bonds. The van der Waals surface area contributed by atoms with Crippen molar-refractivity contribution in [2.24, 2.45) is 0 Å². The number of hydrogen-bond donors (Lipinski definition) is 3. The SMILES string of the molecule is C=CC(=O)N1CCCC(Nc2cc(Nc3c(N[C@H](C)c4ccccc4)c(=O)c3=O)ccn2)C1. The molecule has 0 spiro atoms. The Kier molecular flexibility index (Phi) is 6.53. The maximum absolute atomic E-state index is 12.2. The topological polar surface area (TPSA) is 103 Å². The number of nitrogens with zero attached hydrogens (tertiary/aromatic N) is 2. The van der Waals surface area contributed by atoms with E-state index in [0.717, 1.165) is 24.9 Å². The quantitative estimate of drug-likeness (QED) is 0.361. The number of anilines is 4. The number of likely N-dealkylation sites (tertiary alicyclic amines) is 1. The molecule has 8 heteroatoms. The third-order valence-electron chi connectivity index (χ3n) is 5.86. The molecule has 0 saturated carbocycles. The minimum absolute atomic E-state index is 0.0699. The molecule has 170 valence electrons. The molecule has 8 nitrogen and oxygen atoms in total. The predicted octanol–water partition coefficient (Wildman–Crippen LogP) is 3.18. The summed E-state index contributed by atoms with van der Waals surface area (Å²) >= 11 is 0. The van der Waals surface area contributed by atoms with Gasteiger partial charge in [-0.3, -0.25) is 14.4 Å². The average molecular weight is 446 g/mol. The number of rotatable bonds is 8. The molecular formula is C25H27N5O3. The molecule has 3 N–H and O–H groups in total. The second-order valence-corrected chi connectivity index (χ2v) is 8.21. The molecule has 1 unspecified atom stereocenters. The molecule has 0 aliphatic carbocycles. The van der Waals surface area contributed by atoms with Gasteiger partial charge in [0.2, 0.25) is 5.91 Å². The van der Waals surface area contributed by atoms with E-state index < -0.39 is 10.9 Å². The third kappa shape index (κ3) is 4.95. The molecule has 1 fully saturated rings. The maximum atomic E-state index is 12.2. The van der Waals surface area contributed by atoms with E-state index in [-0.39, 0.29) is 29.4 Å². The number of piperidine rings is 1. The van der Waals surface area contributed by atoms with Crippen LogP contribution in [0.15, 0.2) is 70.9 Å². The standard InChI is InChI=1S/C25H27N5O3/c1-3-21(31)30-13-7-10-19(15-30)28-20-14-18(11-12-26-20)29-23-22(24(32)25(23)33)27-16(2)17-8-5-4-6-9-17/h3-6,8-9,11-12,14,16,19,27H,1,7,10,13,15H2,2H3,(H2,26,28,29)/t16-,19?/m1/s1. The van der Waals surface area contributed by atoms with Gasteiger partial charge in [-0.2, -0.15) is 0 Å². The fraction of sp³-hybridized carbons (Fsp3) is 0.280. The molecule has 1 aliphatic rings. The summed E-state index contributed by atoms with van der Waals surface area (Å²) < 4.78 is 0. The predicted molar refractivity (Wildman–Crippen MR) is 131 cm³/mol. The minimum atomic E-state index is -0.546. The van der Waals surface area contributed by atoms with Crippen molar-refractivity contribution >= 4 is 28.8 Å². The lowest BCUT2D eigenvalue weighted by Crippen LogP contribution is -2.44. The number of carbonyl (C=O) groups is 1. The molecule has 2 atom stereocenters. The van der Waals surface area contributed by atoms with Crippen molar-refractivity contribution in [3.8, 4) is 0 Å². The van der Waals surface area contributed by atoms with Crippen molar-refractivity contribution in [3.05, 3.63) is 87.3 Å². The Morgan fingerprint density at radius 2 is 1.94 bits per heavy atom. The summed E-state index contributed by atoms with van der Waals surface area (Å²) in [6.07, 6.45) is 4.78. The Balaban J connectivity index is 1.44. The first-order chi connectivity index (χ1) is 16.0. The lowest BCUT2D eigenvalue weighted by molar-refractivity contribution is -0.127. The molecule has 1 saturated heterocycles. The molecule has 2 heterocycles. The Morgan fingerprint density at radius 1 is 1.18 bits per heavy atom. The first kappa shape index (κ1) is 22.3. The van der Waals surface area contributed by atoms with Gasteiger partial charge in [-0.25, -0.2) is 4.98 Å². The second-order valence-electron chi connectivity index (χ2n) is 8.21. The number of hydrogen-bond acceptors (Lipinski definition) is 7. The molecule has 2 aromatic carbocycles. The van der Waals surface area contributed by atoms with Crippen LogP contribution in [-0.2, 0) is 4.79 Å². The highest BCUT2D eigenvalue weighted by Crippen LogP contribution is 2.26. The van der Waals surface area contributed by atoms with E-state index in [4.69, 9.17) is 0 Å². The lowest BCUT2D eigenvalue weighted by atomic mass is 10.1. The lowest BCUT2D eigenvalue weighted by Gasteiger charge is -2.32. The molecule has 0 bridgehead atoms. The maximum Gasteiger partial charge on any atom is 0.253 e. The van der Waals surface area contributed by atoms with Crippen molar-refractivity contribution < 1.29 is 4.79 Å². The van der Waals surface area contributed by atoms with Crippen molar-refractivity contribution in [2.75, 3.05) is 29.0 Å². The normalized spacial score (nSPS) is 16.8. The first-order valence-corrected chi connectivity index (χ1v) is 11.0. The Hall–Kier alpha value is -3.94. The van der Waals surface area contributed by atoms with E-state index in [1.807, 2.05) is 37.3 Å². The highest BCUT2D eigenvalue weighted by atomic mass is 16.2. The van der Waals surface area contributed by atoms with E-state index in [2.05, 4.69) is 27.5 Å². The van der Waals surface area contributed by atoms with E-state index in [1.165, 1.54) is 6.08 Å². The van der Waals surface area contributed by atoms with E-state index in [0.29, 0.717) is 18.1 Å². The van der Waals surface area contributed by atoms with Crippen LogP contribution in [0.1, 0.15) is 31.4 Å². The summed E-state index contributed by atoms with van der Waals surface area (Å²) in [5.41, 5.74) is 1.12. The first-order valence-electron chi connectivity index (χ1n) is 11.0. The zero-order valence-electron chi connectivity index (χ0n) is 18.5. The fourth-order valence-corrected chi connectivity index (χ4v) is 4.06. The zero-order chi connectivity index (χ0) is 23.4. The van der Waals surface area contributed by atoms with Crippen LogP contribution < -0.4 is 26.8 Å². The second kappa shape index (κ2) is 9.68. The van der Waals surface area contributed by atoms with Gasteiger partial charge >= 0.3 is 0 Å². The van der Waals surface area contributed by atoms with Gasteiger partial charge in [-0.15, -0.1) is 0 Å². The minimum Gasteiger partial charge on any atom is -0.373 e. The summed E-state index contributed by atoms with van der Waals surface area (Å²) in [5, 5.41) is 9.58. The van der Waals surface area contributed by atoms with Crippen LogP contribution in [0.25, 0.3) is 0 Å². The fourth-order valence-electron chi connectivity index (χ4n) is 4.06. The number of pyridine rings is 1. The van der Waals surface area contributed by atoms with Gasteiger partial charge in [0, 0.05) is 43.1 Å². The summed E-state index contributed by atoms with van der Waals surface area (Å²) in [7, 11) is 0. The van der Waals surface area contributed by atoms with Crippen molar-refractivity contribution in [3.63, 3.8) is 0 Å². The highest BCUT2D eigenvalue weighted by Gasteiger charge is 2.24. The van der Waals surface area contributed by atoms with E-state index in [1.54, 1.807) is 23.2 Å². The summed E-state index contributed by atoms with van der Waals surface area (Å²) in [5.74, 6) is 0.554. The van der Waals surface area contributed by atoms with Gasteiger partial charge in [0.05, 0.1) is 0 Å². The number of nitrogens with one attached hydrogen (secondary N) is 3. The van der Waals surface area contributed by atoms with Gasteiger partial charge in [0.1, 0.15) is 17.2 Å². The number of amides is 1. The Labute approximate surface area is 192 Å². The van der Waals surface area contributed by atoms with Crippen LogP contribution in [-0.4, -0.2) is 34.9 Å². The largest absolute Gasteiger partial charge is 0.373 e. The van der Waals surface area contributed by atoms with Crippen molar-refractivity contribution in [1.82, 2.24) is 9.88 Å². The monoisotopic (exact) mass is 445 g/mol. The molecule has 4 rings (SSSR count). The van der Waals surface area contributed by atoms with Gasteiger partial charge in [-0.1, -0.05) is 36.9 Å². The average Bonchev–Trinajstić information content (AvgIpc) is 2.86. The number of carbonyl (C=O) groups excluding carboxylic acids is 1.